The summed E-state index contributed by atoms with van der Waals surface area (Å²) in [6.07, 6.45) is 4.31. The van der Waals surface area contributed by atoms with Gasteiger partial charge in [0, 0.05) is 6.54 Å². The normalized spacial score (nSPS) is 18.1. The highest BCUT2D eigenvalue weighted by molar-refractivity contribution is 6.30. The molecule has 4 nitrogen and oxygen atoms in total. The van der Waals surface area contributed by atoms with Gasteiger partial charge in [-0.25, -0.2) is 4.39 Å². The van der Waals surface area contributed by atoms with Gasteiger partial charge in [-0.1, -0.05) is 24.3 Å². The van der Waals surface area contributed by atoms with Crippen molar-refractivity contribution in [3.63, 3.8) is 0 Å². The van der Waals surface area contributed by atoms with E-state index in [2.05, 4.69) is 0 Å². The van der Waals surface area contributed by atoms with Crippen LogP contribution >= 0.6 is 0 Å². The largest absolute Gasteiger partial charge is 0.293 e. The number of ketones is 1. The number of amides is 2. The van der Waals surface area contributed by atoms with Gasteiger partial charge in [-0.3, -0.25) is 19.3 Å². The molecule has 1 fully saturated rings. The van der Waals surface area contributed by atoms with Gasteiger partial charge in [0.2, 0.25) is 5.91 Å². The minimum Gasteiger partial charge on any atom is -0.293 e. The van der Waals surface area contributed by atoms with Crippen LogP contribution in [-0.2, 0) is 14.4 Å². The van der Waals surface area contributed by atoms with E-state index in [4.69, 9.17) is 0 Å². The number of hydrogen-bond donors (Lipinski definition) is 0. The highest BCUT2D eigenvalue weighted by Gasteiger charge is 2.34. The Labute approximate surface area is 121 Å². The van der Waals surface area contributed by atoms with E-state index in [-0.39, 0.29) is 24.4 Å². The molecule has 1 aliphatic heterocycles. The molecule has 0 N–H and O–H groups in total. The van der Waals surface area contributed by atoms with Gasteiger partial charge < -0.3 is 0 Å². The van der Waals surface area contributed by atoms with Crippen molar-refractivity contribution in [1.29, 1.82) is 0 Å². The average Bonchev–Trinajstić information content (AvgIpc) is 2.44. The second kappa shape index (κ2) is 6.26. The van der Waals surface area contributed by atoms with Crippen molar-refractivity contribution in [2.45, 2.75) is 13.3 Å². The minimum atomic E-state index is -0.567. The second-order valence-electron chi connectivity index (χ2n) is 4.53. The summed E-state index contributed by atoms with van der Waals surface area (Å²) in [7, 11) is 0. The number of carbonyl (C=O) groups is 3. The van der Waals surface area contributed by atoms with E-state index in [1.165, 1.54) is 18.2 Å². The van der Waals surface area contributed by atoms with E-state index < -0.39 is 17.6 Å². The molecule has 108 valence electrons. The van der Waals surface area contributed by atoms with Crippen LogP contribution in [0.1, 0.15) is 18.9 Å². The number of hydrogen-bond acceptors (Lipinski definition) is 3. The summed E-state index contributed by atoms with van der Waals surface area (Å²) in [6.45, 7) is 1.92. The summed E-state index contributed by atoms with van der Waals surface area (Å²) in [6, 6.07) is 5.80. The molecule has 0 aliphatic carbocycles. The smallest absolute Gasteiger partial charge is 0.264 e. The molecule has 2 rings (SSSR count). The molecule has 1 aromatic carbocycles. The summed E-state index contributed by atoms with van der Waals surface area (Å²) < 4.78 is 12.8. The molecule has 0 saturated carbocycles. The van der Waals surface area contributed by atoms with E-state index in [1.54, 1.807) is 31.2 Å². The van der Waals surface area contributed by atoms with E-state index in [1.807, 2.05) is 0 Å². The highest BCUT2D eigenvalue weighted by atomic mass is 19.1. The summed E-state index contributed by atoms with van der Waals surface area (Å²) in [5.74, 6) is -1.84. The Morgan fingerprint density at radius 3 is 2.48 bits per heavy atom. The molecular formula is C16H14FNO3. The van der Waals surface area contributed by atoms with Crippen molar-refractivity contribution in [3.8, 4) is 0 Å². The van der Waals surface area contributed by atoms with Gasteiger partial charge in [-0.15, -0.1) is 0 Å². The van der Waals surface area contributed by atoms with Gasteiger partial charge in [0.15, 0.2) is 5.78 Å². The number of likely N-dealkylation sites (tertiary alicyclic amines) is 1. The third kappa shape index (κ3) is 3.31. The molecule has 0 spiro atoms. The van der Waals surface area contributed by atoms with Crippen molar-refractivity contribution < 1.29 is 18.8 Å². The predicted octanol–water partition coefficient (Wildman–Crippen LogP) is 2.11. The third-order valence-electron chi connectivity index (χ3n) is 3.13. The standard InChI is InChI=1S/C16H14FNO3/c1-2-18-15(20)10-14(19)13(16(18)21)5-3-4-11-6-8-12(17)9-7-11/h3-9H,2,10H2,1H3/b4-3+,13-5+. The van der Waals surface area contributed by atoms with Crippen molar-refractivity contribution in [2.24, 2.45) is 0 Å². The fourth-order valence-electron chi connectivity index (χ4n) is 2.02. The zero-order chi connectivity index (χ0) is 15.4. The molecule has 0 aromatic heterocycles. The number of rotatable bonds is 3. The second-order valence-corrected chi connectivity index (χ2v) is 4.53. The summed E-state index contributed by atoms with van der Waals surface area (Å²) in [5.41, 5.74) is 0.738. The maximum atomic E-state index is 12.8. The number of carbonyl (C=O) groups excluding carboxylic acids is 3. The molecule has 1 aliphatic rings. The lowest BCUT2D eigenvalue weighted by molar-refractivity contribution is -0.147. The lowest BCUT2D eigenvalue weighted by Crippen LogP contribution is -2.44. The van der Waals surface area contributed by atoms with Crippen LogP contribution in [0, 0.1) is 5.82 Å². The van der Waals surface area contributed by atoms with Gasteiger partial charge in [-0.05, 0) is 30.7 Å². The third-order valence-corrected chi connectivity index (χ3v) is 3.13. The van der Waals surface area contributed by atoms with Crippen LogP contribution in [0.25, 0.3) is 6.08 Å². The van der Waals surface area contributed by atoms with Gasteiger partial charge in [0.05, 0.1) is 12.0 Å². The summed E-state index contributed by atoms with van der Waals surface area (Å²) in [4.78, 5) is 36.3. The SMILES string of the molecule is CCN1C(=O)CC(=O)/C(=C\C=C\c2ccc(F)cc2)C1=O. The van der Waals surface area contributed by atoms with Crippen LogP contribution in [0.2, 0.25) is 0 Å². The quantitative estimate of drug-likeness (QED) is 0.370. The molecule has 21 heavy (non-hydrogen) atoms. The summed E-state index contributed by atoms with van der Waals surface area (Å²) >= 11 is 0. The Morgan fingerprint density at radius 1 is 1.19 bits per heavy atom. The minimum absolute atomic E-state index is 0.00480. The number of halogens is 1. The molecule has 0 unspecified atom stereocenters. The van der Waals surface area contributed by atoms with E-state index in [0.29, 0.717) is 0 Å². The van der Waals surface area contributed by atoms with Crippen LogP contribution in [0.4, 0.5) is 4.39 Å². The molecule has 0 bridgehead atoms. The Balaban J connectivity index is 2.19. The van der Waals surface area contributed by atoms with E-state index >= 15 is 0 Å². The number of piperidine rings is 1. The van der Waals surface area contributed by atoms with Crippen LogP contribution in [0.5, 0.6) is 0 Å². The van der Waals surface area contributed by atoms with Gasteiger partial charge >= 0.3 is 0 Å². The van der Waals surface area contributed by atoms with Crippen molar-refractivity contribution in [2.75, 3.05) is 6.54 Å². The number of likely N-dealkylation sites (N-methyl/N-ethyl adjacent to an activating group) is 1. The fourth-order valence-corrected chi connectivity index (χ4v) is 2.02. The van der Waals surface area contributed by atoms with Gasteiger partial charge in [0.25, 0.3) is 5.91 Å². The topological polar surface area (TPSA) is 54.5 Å². The monoisotopic (exact) mass is 287 g/mol. The number of benzene rings is 1. The lowest BCUT2D eigenvalue weighted by atomic mass is 10.0. The van der Waals surface area contributed by atoms with E-state index in [0.717, 1.165) is 10.5 Å². The lowest BCUT2D eigenvalue weighted by Gasteiger charge is -2.24. The maximum Gasteiger partial charge on any atom is 0.264 e. The number of Topliss-reactive ketones (excluding diaryl/α,β-unsaturated/α-hetero) is 1. The number of imide groups is 1. The van der Waals surface area contributed by atoms with Crippen LogP contribution in [0.3, 0.4) is 0 Å². The molecule has 1 aromatic rings. The van der Waals surface area contributed by atoms with Crippen molar-refractivity contribution in [3.05, 3.63) is 53.4 Å². The number of allylic oxidation sites excluding steroid dienone is 2. The Kier molecular flexibility index (Phi) is 4.42. The Hall–Kier alpha value is -2.56. The van der Waals surface area contributed by atoms with Crippen molar-refractivity contribution >= 4 is 23.7 Å². The van der Waals surface area contributed by atoms with Crippen LogP contribution in [-0.4, -0.2) is 29.0 Å². The van der Waals surface area contributed by atoms with E-state index in [9.17, 15) is 18.8 Å². The molecule has 5 heteroatoms. The predicted molar refractivity (Wildman–Crippen MR) is 75.5 cm³/mol. The Morgan fingerprint density at radius 2 is 1.86 bits per heavy atom. The fraction of sp³-hybridized carbons (Fsp3) is 0.188. The zero-order valence-corrected chi connectivity index (χ0v) is 11.5. The zero-order valence-electron chi connectivity index (χ0n) is 11.5. The van der Waals surface area contributed by atoms with Crippen molar-refractivity contribution in [1.82, 2.24) is 4.90 Å². The first kappa shape index (κ1) is 14.8. The van der Waals surface area contributed by atoms with Gasteiger partial charge in [-0.2, -0.15) is 0 Å². The maximum absolute atomic E-state index is 12.8. The highest BCUT2D eigenvalue weighted by Crippen LogP contribution is 2.15. The first-order chi connectivity index (χ1) is 10.0. The molecule has 0 radical (unpaired) electrons. The van der Waals surface area contributed by atoms with Crippen LogP contribution < -0.4 is 0 Å². The number of nitrogens with zero attached hydrogens (tertiary/aromatic N) is 1. The Bertz CT molecular complexity index is 644. The molecule has 1 heterocycles. The van der Waals surface area contributed by atoms with Crippen LogP contribution in [0.15, 0.2) is 42.0 Å². The van der Waals surface area contributed by atoms with Gasteiger partial charge in [0.1, 0.15) is 5.82 Å². The molecule has 1 saturated heterocycles. The first-order valence-electron chi connectivity index (χ1n) is 6.54. The average molecular weight is 287 g/mol. The molecule has 0 atom stereocenters. The molecule has 2 amide bonds. The molecular weight excluding hydrogens is 273 g/mol. The summed E-state index contributed by atoms with van der Waals surface area (Å²) in [5, 5.41) is 0. The first-order valence-corrected chi connectivity index (χ1v) is 6.54.